The van der Waals surface area contributed by atoms with Gasteiger partial charge in [-0.3, -0.25) is 4.79 Å². The van der Waals surface area contributed by atoms with Crippen LogP contribution in [0.1, 0.15) is 32.3 Å². The zero-order chi connectivity index (χ0) is 12.5. The molecule has 1 heterocycles. The van der Waals surface area contributed by atoms with E-state index in [1.54, 1.807) is 0 Å². The van der Waals surface area contributed by atoms with E-state index in [0.717, 1.165) is 25.9 Å². The lowest BCUT2D eigenvalue weighted by Gasteiger charge is -2.30. The van der Waals surface area contributed by atoms with Crippen LogP contribution in [-0.2, 0) is 10.2 Å². The molecule has 1 aliphatic heterocycles. The Morgan fingerprint density at radius 1 is 1.29 bits per heavy atom. The third-order valence-corrected chi connectivity index (χ3v) is 4.10. The summed E-state index contributed by atoms with van der Waals surface area (Å²) in [5, 5.41) is 0. The van der Waals surface area contributed by atoms with Crippen LogP contribution in [0, 0.1) is 3.57 Å². The molecule has 0 aliphatic carbocycles. The lowest BCUT2D eigenvalue weighted by atomic mass is 9.84. The molecule has 0 N–H and O–H groups in total. The van der Waals surface area contributed by atoms with Crippen LogP contribution in [0.2, 0.25) is 0 Å². The first-order valence-corrected chi connectivity index (χ1v) is 7.11. The lowest BCUT2D eigenvalue weighted by molar-refractivity contribution is -0.128. The monoisotopic (exact) mass is 343 g/mol. The third kappa shape index (κ3) is 3.00. The van der Waals surface area contributed by atoms with Crippen LogP contribution < -0.4 is 0 Å². The highest BCUT2D eigenvalue weighted by Crippen LogP contribution is 2.26. The number of nitrogens with zero attached hydrogens (tertiary/aromatic N) is 1. The number of benzene rings is 1. The van der Waals surface area contributed by atoms with Gasteiger partial charge in [0.15, 0.2) is 0 Å². The summed E-state index contributed by atoms with van der Waals surface area (Å²) in [5.74, 6) is 0.309. The van der Waals surface area contributed by atoms with Gasteiger partial charge in [-0.15, -0.1) is 0 Å². The SMILES string of the molecule is CC(C)(CN1CCCC1=O)c1ccc(I)cc1. The first kappa shape index (κ1) is 12.9. The second-order valence-corrected chi connectivity index (χ2v) is 6.56. The van der Waals surface area contributed by atoms with E-state index >= 15 is 0 Å². The Morgan fingerprint density at radius 2 is 1.94 bits per heavy atom. The molecule has 0 atom stereocenters. The topological polar surface area (TPSA) is 20.3 Å². The zero-order valence-electron chi connectivity index (χ0n) is 10.4. The van der Waals surface area contributed by atoms with Crippen LogP contribution in [0.15, 0.2) is 24.3 Å². The van der Waals surface area contributed by atoms with Crippen LogP contribution in [0.4, 0.5) is 0 Å². The molecule has 92 valence electrons. The minimum atomic E-state index is 0.0321. The predicted molar refractivity (Wildman–Crippen MR) is 78.0 cm³/mol. The number of carbonyl (C=O) groups is 1. The van der Waals surface area contributed by atoms with Crippen molar-refractivity contribution in [3.63, 3.8) is 0 Å². The van der Waals surface area contributed by atoms with E-state index in [1.165, 1.54) is 9.13 Å². The van der Waals surface area contributed by atoms with Gasteiger partial charge in [-0.05, 0) is 46.7 Å². The van der Waals surface area contributed by atoms with Gasteiger partial charge in [0.25, 0.3) is 0 Å². The molecule has 1 fully saturated rings. The molecule has 3 heteroatoms. The van der Waals surface area contributed by atoms with Gasteiger partial charge < -0.3 is 4.90 Å². The van der Waals surface area contributed by atoms with Crippen molar-refractivity contribution < 1.29 is 4.79 Å². The number of hydrogen-bond acceptors (Lipinski definition) is 1. The summed E-state index contributed by atoms with van der Waals surface area (Å²) in [6.45, 7) is 6.17. The van der Waals surface area contributed by atoms with Gasteiger partial charge in [-0.2, -0.15) is 0 Å². The molecule has 2 nitrogen and oxygen atoms in total. The van der Waals surface area contributed by atoms with Crippen molar-refractivity contribution in [2.24, 2.45) is 0 Å². The molecule has 0 saturated carbocycles. The smallest absolute Gasteiger partial charge is 0.222 e. The molecule has 0 unspecified atom stereocenters. The van der Waals surface area contributed by atoms with Crippen LogP contribution in [0.25, 0.3) is 0 Å². The fourth-order valence-corrected chi connectivity index (χ4v) is 2.70. The Morgan fingerprint density at radius 3 is 2.47 bits per heavy atom. The molecule has 2 rings (SSSR count). The molecule has 1 amide bonds. The Hall–Kier alpha value is -0.580. The van der Waals surface area contributed by atoms with E-state index in [4.69, 9.17) is 0 Å². The first-order chi connectivity index (χ1) is 7.99. The first-order valence-electron chi connectivity index (χ1n) is 6.03. The summed E-state index contributed by atoms with van der Waals surface area (Å²) < 4.78 is 1.25. The normalized spacial score (nSPS) is 16.6. The minimum absolute atomic E-state index is 0.0321. The maximum Gasteiger partial charge on any atom is 0.222 e. The maximum atomic E-state index is 11.7. The molecule has 1 saturated heterocycles. The van der Waals surface area contributed by atoms with Crippen molar-refractivity contribution in [1.29, 1.82) is 0 Å². The van der Waals surface area contributed by atoms with Gasteiger partial charge in [-0.1, -0.05) is 26.0 Å². The maximum absolute atomic E-state index is 11.7. The standard InChI is InChI=1S/C14H18INO/c1-14(2,10-16-9-3-4-13(16)17)11-5-7-12(15)8-6-11/h5-8H,3-4,9-10H2,1-2H3. The van der Waals surface area contributed by atoms with Gasteiger partial charge in [0.1, 0.15) is 0 Å². The van der Waals surface area contributed by atoms with Gasteiger partial charge in [0.2, 0.25) is 5.91 Å². The van der Waals surface area contributed by atoms with Gasteiger partial charge in [0, 0.05) is 28.5 Å². The molecule has 0 bridgehead atoms. The van der Waals surface area contributed by atoms with E-state index in [1.807, 2.05) is 4.90 Å². The fourth-order valence-electron chi connectivity index (χ4n) is 2.34. The third-order valence-electron chi connectivity index (χ3n) is 3.38. The van der Waals surface area contributed by atoms with Crippen molar-refractivity contribution in [3.05, 3.63) is 33.4 Å². The van der Waals surface area contributed by atoms with E-state index < -0.39 is 0 Å². The summed E-state index contributed by atoms with van der Waals surface area (Å²) in [4.78, 5) is 13.7. The molecule has 17 heavy (non-hydrogen) atoms. The molecule has 0 aromatic heterocycles. The molecule has 1 aromatic carbocycles. The predicted octanol–water partition coefficient (Wildman–Crippen LogP) is 3.19. The van der Waals surface area contributed by atoms with E-state index in [2.05, 4.69) is 60.7 Å². The quantitative estimate of drug-likeness (QED) is 0.772. The number of likely N-dealkylation sites (tertiary alicyclic amines) is 1. The fraction of sp³-hybridized carbons (Fsp3) is 0.500. The number of carbonyl (C=O) groups excluding carboxylic acids is 1. The summed E-state index contributed by atoms with van der Waals surface area (Å²) in [7, 11) is 0. The van der Waals surface area contributed by atoms with Crippen molar-refractivity contribution in [3.8, 4) is 0 Å². The molecule has 0 spiro atoms. The molecule has 0 radical (unpaired) electrons. The summed E-state index contributed by atoms with van der Waals surface area (Å²) in [5.41, 5.74) is 1.34. The second-order valence-electron chi connectivity index (χ2n) is 5.31. The van der Waals surface area contributed by atoms with Crippen LogP contribution in [0.5, 0.6) is 0 Å². The van der Waals surface area contributed by atoms with E-state index in [9.17, 15) is 4.79 Å². The molecule has 1 aromatic rings. The minimum Gasteiger partial charge on any atom is -0.342 e. The molecular formula is C14H18INO. The van der Waals surface area contributed by atoms with Crippen LogP contribution in [-0.4, -0.2) is 23.9 Å². The summed E-state index contributed by atoms with van der Waals surface area (Å²) in [6.07, 6.45) is 1.74. The largest absolute Gasteiger partial charge is 0.342 e. The highest BCUT2D eigenvalue weighted by molar-refractivity contribution is 14.1. The average Bonchev–Trinajstić information content (AvgIpc) is 2.64. The lowest BCUT2D eigenvalue weighted by Crippen LogP contribution is -2.37. The van der Waals surface area contributed by atoms with Crippen LogP contribution >= 0.6 is 22.6 Å². The van der Waals surface area contributed by atoms with Crippen molar-refractivity contribution in [2.75, 3.05) is 13.1 Å². The zero-order valence-corrected chi connectivity index (χ0v) is 12.5. The van der Waals surface area contributed by atoms with Crippen molar-refractivity contribution in [2.45, 2.75) is 32.1 Å². The van der Waals surface area contributed by atoms with Gasteiger partial charge >= 0.3 is 0 Å². The average molecular weight is 343 g/mol. The highest BCUT2D eigenvalue weighted by Gasteiger charge is 2.28. The van der Waals surface area contributed by atoms with Crippen molar-refractivity contribution in [1.82, 2.24) is 4.90 Å². The Balaban J connectivity index is 2.12. The Bertz CT molecular complexity index is 411. The summed E-state index contributed by atoms with van der Waals surface area (Å²) >= 11 is 2.31. The van der Waals surface area contributed by atoms with Gasteiger partial charge in [0.05, 0.1) is 0 Å². The van der Waals surface area contributed by atoms with E-state index in [0.29, 0.717) is 5.91 Å². The number of hydrogen-bond donors (Lipinski definition) is 0. The number of rotatable bonds is 3. The summed E-state index contributed by atoms with van der Waals surface area (Å²) in [6, 6.07) is 8.59. The number of amides is 1. The Kier molecular flexibility index (Phi) is 3.76. The highest BCUT2D eigenvalue weighted by atomic mass is 127. The van der Waals surface area contributed by atoms with Crippen LogP contribution in [0.3, 0.4) is 0 Å². The molecular weight excluding hydrogens is 325 g/mol. The second kappa shape index (κ2) is 4.96. The Labute approximate surface area is 117 Å². The van der Waals surface area contributed by atoms with Crippen molar-refractivity contribution >= 4 is 28.5 Å². The molecule has 1 aliphatic rings. The number of halogens is 1. The van der Waals surface area contributed by atoms with E-state index in [-0.39, 0.29) is 5.41 Å². The van der Waals surface area contributed by atoms with Gasteiger partial charge in [-0.25, -0.2) is 0 Å².